The zero-order valence-corrected chi connectivity index (χ0v) is 10.3. The highest BCUT2D eigenvalue weighted by atomic mass is 35.5. The molecule has 0 amide bonds. The van der Waals surface area contributed by atoms with Crippen molar-refractivity contribution in [1.82, 2.24) is 5.32 Å². The summed E-state index contributed by atoms with van der Waals surface area (Å²) >= 11 is 5.80. The molecule has 1 saturated heterocycles. The van der Waals surface area contributed by atoms with Gasteiger partial charge in [0.1, 0.15) is 5.75 Å². The molecule has 18 heavy (non-hydrogen) atoms. The minimum Gasteiger partial charge on any atom is -0.404 e. The van der Waals surface area contributed by atoms with Crippen LogP contribution in [0.5, 0.6) is 5.75 Å². The average molecular weight is 280 g/mol. The molecule has 0 bridgehead atoms. The summed E-state index contributed by atoms with van der Waals surface area (Å²) in [4.78, 5) is 0. The van der Waals surface area contributed by atoms with E-state index in [1.165, 1.54) is 12.1 Å². The molecule has 1 fully saturated rings. The highest BCUT2D eigenvalue weighted by Crippen LogP contribution is 2.33. The largest absolute Gasteiger partial charge is 0.573 e. The average Bonchev–Trinajstić information content (AvgIpc) is 2.31. The Morgan fingerprint density at radius 2 is 2.06 bits per heavy atom. The molecule has 6 heteroatoms. The molecular formula is C12H13ClF3NO. The summed E-state index contributed by atoms with van der Waals surface area (Å²) < 4.78 is 40.1. The lowest BCUT2D eigenvalue weighted by molar-refractivity contribution is -0.274. The maximum Gasteiger partial charge on any atom is 0.573 e. The molecule has 1 unspecified atom stereocenters. The van der Waals surface area contributed by atoms with E-state index >= 15 is 0 Å². The fourth-order valence-corrected chi connectivity index (χ4v) is 2.31. The van der Waals surface area contributed by atoms with E-state index < -0.39 is 6.36 Å². The lowest BCUT2D eigenvalue weighted by atomic mass is 9.97. The molecule has 2 nitrogen and oxygen atoms in total. The van der Waals surface area contributed by atoms with Gasteiger partial charge in [0.05, 0.1) is 5.02 Å². The van der Waals surface area contributed by atoms with E-state index in [0.29, 0.717) is 0 Å². The van der Waals surface area contributed by atoms with Crippen molar-refractivity contribution >= 4 is 11.6 Å². The quantitative estimate of drug-likeness (QED) is 0.882. The minimum atomic E-state index is -4.71. The number of ether oxygens (including phenoxy) is 1. The molecule has 100 valence electrons. The summed E-state index contributed by atoms with van der Waals surface area (Å²) in [5.74, 6) is -0.358. The van der Waals surface area contributed by atoms with Gasteiger partial charge in [0.15, 0.2) is 0 Å². The fourth-order valence-electron chi connectivity index (χ4n) is 2.08. The van der Waals surface area contributed by atoms with Crippen molar-refractivity contribution in [2.24, 2.45) is 0 Å². The summed E-state index contributed by atoms with van der Waals surface area (Å²) in [5, 5.41) is 3.29. The number of alkyl halides is 3. The number of hydrogen-bond acceptors (Lipinski definition) is 2. The van der Waals surface area contributed by atoms with Crippen LogP contribution in [0.1, 0.15) is 30.9 Å². The van der Waals surface area contributed by atoms with Gasteiger partial charge in [0, 0.05) is 6.04 Å². The highest BCUT2D eigenvalue weighted by molar-refractivity contribution is 6.32. The lowest BCUT2D eigenvalue weighted by Gasteiger charge is -2.24. The first-order valence-corrected chi connectivity index (χ1v) is 6.12. The van der Waals surface area contributed by atoms with Crippen LogP contribution in [0.3, 0.4) is 0 Å². The number of piperidine rings is 1. The predicted octanol–water partition coefficient (Wildman–Crippen LogP) is 4.05. The van der Waals surface area contributed by atoms with Crippen molar-refractivity contribution < 1.29 is 17.9 Å². The molecule has 1 atom stereocenters. The van der Waals surface area contributed by atoms with Crippen LogP contribution in [0, 0.1) is 0 Å². The van der Waals surface area contributed by atoms with Crippen LogP contribution < -0.4 is 10.1 Å². The Morgan fingerprint density at radius 3 is 2.61 bits per heavy atom. The standard InChI is InChI=1S/C12H13ClF3NO/c13-9-7-8(10-3-1-2-6-17-10)4-5-11(9)18-12(14,15)16/h4-5,7,10,17H,1-3,6H2. The second-order valence-electron chi connectivity index (χ2n) is 4.24. The predicted molar refractivity (Wildman–Crippen MR) is 62.7 cm³/mol. The molecule has 0 radical (unpaired) electrons. The Labute approximate surface area is 108 Å². The van der Waals surface area contributed by atoms with Gasteiger partial charge in [-0.25, -0.2) is 0 Å². The van der Waals surface area contributed by atoms with Crippen LogP contribution in [0.4, 0.5) is 13.2 Å². The second kappa shape index (κ2) is 5.36. The van der Waals surface area contributed by atoms with E-state index in [0.717, 1.165) is 31.4 Å². The minimum absolute atomic E-state index is 0.0165. The van der Waals surface area contributed by atoms with Gasteiger partial charge in [-0.1, -0.05) is 24.1 Å². The number of halogens is 4. The van der Waals surface area contributed by atoms with E-state index in [-0.39, 0.29) is 16.8 Å². The molecule has 0 aromatic heterocycles. The van der Waals surface area contributed by atoms with Gasteiger partial charge in [-0.15, -0.1) is 13.2 Å². The number of hydrogen-bond donors (Lipinski definition) is 1. The molecule has 0 aliphatic carbocycles. The molecule has 1 aromatic carbocycles. The van der Waals surface area contributed by atoms with Crippen molar-refractivity contribution in [1.29, 1.82) is 0 Å². The van der Waals surface area contributed by atoms with Crippen LogP contribution >= 0.6 is 11.6 Å². The molecule has 0 spiro atoms. The van der Waals surface area contributed by atoms with Crippen LogP contribution in [0.2, 0.25) is 5.02 Å². The van der Waals surface area contributed by atoms with E-state index in [1.807, 2.05) is 0 Å². The molecule has 2 rings (SSSR count). The summed E-state index contributed by atoms with van der Waals surface area (Å²) in [6.07, 6.45) is -1.51. The lowest BCUT2D eigenvalue weighted by Crippen LogP contribution is -2.26. The maximum atomic E-state index is 12.1. The second-order valence-corrected chi connectivity index (χ2v) is 4.65. The van der Waals surface area contributed by atoms with Gasteiger partial charge in [0.25, 0.3) is 0 Å². The van der Waals surface area contributed by atoms with Crippen LogP contribution in [0.15, 0.2) is 18.2 Å². The molecule has 1 aliphatic heterocycles. The van der Waals surface area contributed by atoms with Crippen LogP contribution in [0.25, 0.3) is 0 Å². The van der Waals surface area contributed by atoms with Crippen molar-refractivity contribution in [2.45, 2.75) is 31.7 Å². The Kier molecular flexibility index (Phi) is 4.02. The van der Waals surface area contributed by atoms with Crippen molar-refractivity contribution in [3.05, 3.63) is 28.8 Å². The van der Waals surface area contributed by atoms with Gasteiger partial charge in [0.2, 0.25) is 0 Å². The Balaban J connectivity index is 2.13. The van der Waals surface area contributed by atoms with E-state index in [1.54, 1.807) is 6.07 Å². The third-order valence-electron chi connectivity index (χ3n) is 2.89. The zero-order valence-electron chi connectivity index (χ0n) is 9.56. The van der Waals surface area contributed by atoms with Gasteiger partial charge in [-0.3, -0.25) is 0 Å². The van der Waals surface area contributed by atoms with Crippen molar-refractivity contribution in [2.75, 3.05) is 6.54 Å². The van der Waals surface area contributed by atoms with Crippen molar-refractivity contribution in [3.8, 4) is 5.75 Å². The smallest absolute Gasteiger partial charge is 0.404 e. The Hall–Kier alpha value is -0.940. The molecular weight excluding hydrogens is 267 g/mol. The topological polar surface area (TPSA) is 21.3 Å². The first-order valence-electron chi connectivity index (χ1n) is 5.74. The third kappa shape index (κ3) is 3.53. The van der Waals surface area contributed by atoms with Gasteiger partial charge < -0.3 is 10.1 Å². The molecule has 1 heterocycles. The Bertz CT molecular complexity index is 416. The summed E-state index contributed by atoms with van der Waals surface area (Å²) in [5.41, 5.74) is 0.897. The summed E-state index contributed by atoms with van der Waals surface area (Å²) in [6, 6.07) is 4.58. The highest BCUT2D eigenvalue weighted by Gasteiger charge is 2.32. The fraction of sp³-hybridized carbons (Fsp3) is 0.500. The van der Waals surface area contributed by atoms with Crippen LogP contribution in [-0.4, -0.2) is 12.9 Å². The van der Waals surface area contributed by atoms with Gasteiger partial charge >= 0.3 is 6.36 Å². The van der Waals surface area contributed by atoms with Gasteiger partial charge in [-0.05, 0) is 37.1 Å². The SMILES string of the molecule is FC(F)(F)Oc1ccc(C2CCCCN2)cc1Cl. The van der Waals surface area contributed by atoms with Crippen molar-refractivity contribution in [3.63, 3.8) is 0 Å². The first-order chi connectivity index (χ1) is 8.46. The summed E-state index contributed by atoms with van der Waals surface area (Å²) in [7, 11) is 0. The van der Waals surface area contributed by atoms with Gasteiger partial charge in [-0.2, -0.15) is 0 Å². The normalized spacial score (nSPS) is 20.8. The summed E-state index contributed by atoms with van der Waals surface area (Å²) in [6.45, 7) is 0.920. The number of rotatable bonds is 2. The maximum absolute atomic E-state index is 12.1. The molecule has 1 aromatic rings. The van der Waals surface area contributed by atoms with Crippen LogP contribution in [-0.2, 0) is 0 Å². The molecule has 1 aliphatic rings. The monoisotopic (exact) mass is 279 g/mol. The molecule has 1 N–H and O–H groups in total. The number of benzene rings is 1. The first kappa shape index (κ1) is 13.5. The molecule has 0 saturated carbocycles. The van der Waals surface area contributed by atoms with E-state index in [9.17, 15) is 13.2 Å². The van der Waals surface area contributed by atoms with E-state index in [2.05, 4.69) is 10.1 Å². The third-order valence-corrected chi connectivity index (χ3v) is 3.19. The van der Waals surface area contributed by atoms with E-state index in [4.69, 9.17) is 11.6 Å². The Morgan fingerprint density at radius 1 is 1.28 bits per heavy atom. The zero-order chi connectivity index (χ0) is 13.2. The number of nitrogens with one attached hydrogen (secondary N) is 1.